The van der Waals surface area contributed by atoms with Crippen LogP contribution in [-0.4, -0.2) is 36.9 Å². The van der Waals surface area contributed by atoms with Gasteiger partial charge in [0.15, 0.2) is 11.6 Å². The van der Waals surface area contributed by atoms with Gasteiger partial charge in [0.25, 0.3) is 0 Å². The fraction of sp³-hybridized carbons (Fsp3) is 0.364. The minimum Gasteiger partial charge on any atom is -0.480 e. The minimum absolute atomic E-state index is 0.0420. The molecule has 0 radical (unpaired) electrons. The zero-order valence-corrected chi connectivity index (χ0v) is 12.2. The zero-order chi connectivity index (χ0) is 15.7. The highest BCUT2D eigenvalue weighted by Crippen LogP contribution is 2.29. The molecule has 0 aromatic heterocycles. The number of benzene rings is 1. The van der Waals surface area contributed by atoms with Gasteiger partial charge in [-0.1, -0.05) is 18.5 Å². The minimum atomic E-state index is -4.57. The maximum absolute atomic E-state index is 13.7. The number of carbonyl (C=O) groups is 1. The summed E-state index contributed by atoms with van der Waals surface area (Å²) in [6.45, 7) is 1.45. The molecule has 0 bridgehead atoms. The Balaban J connectivity index is 3.45. The first-order valence-corrected chi connectivity index (χ1v) is 7.30. The molecule has 0 fully saturated rings. The Morgan fingerprint density at radius 1 is 1.45 bits per heavy atom. The van der Waals surface area contributed by atoms with Gasteiger partial charge in [0, 0.05) is 7.05 Å². The molecule has 0 aliphatic rings. The molecule has 0 heterocycles. The van der Waals surface area contributed by atoms with Crippen molar-refractivity contribution < 1.29 is 27.1 Å². The lowest BCUT2D eigenvalue weighted by atomic mass is 10.2. The second-order valence-electron chi connectivity index (χ2n) is 3.96. The van der Waals surface area contributed by atoms with Crippen molar-refractivity contribution in [3.63, 3.8) is 0 Å². The lowest BCUT2D eigenvalue weighted by Crippen LogP contribution is -2.42. The van der Waals surface area contributed by atoms with Gasteiger partial charge in [0.05, 0.1) is 5.02 Å². The van der Waals surface area contributed by atoms with E-state index in [1.807, 2.05) is 0 Å². The largest absolute Gasteiger partial charge is 0.480 e. The smallest absolute Gasteiger partial charge is 0.321 e. The number of aliphatic carboxylic acids is 1. The van der Waals surface area contributed by atoms with Crippen molar-refractivity contribution >= 4 is 27.6 Å². The van der Waals surface area contributed by atoms with Crippen molar-refractivity contribution in [3.8, 4) is 0 Å². The monoisotopic (exact) mass is 327 g/mol. The summed E-state index contributed by atoms with van der Waals surface area (Å²) in [5.41, 5.74) is 0. The first-order chi connectivity index (χ1) is 9.14. The van der Waals surface area contributed by atoms with E-state index in [2.05, 4.69) is 0 Å². The number of carboxylic acid groups (broad SMARTS) is 1. The van der Waals surface area contributed by atoms with E-state index in [4.69, 9.17) is 16.7 Å². The second kappa shape index (κ2) is 6.02. The van der Waals surface area contributed by atoms with Crippen LogP contribution in [0.2, 0.25) is 5.02 Å². The molecule has 1 N–H and O–H groups in total. The number of hydrogen-bond donors (Lipinski definition) is 1. The predicted molar refractivity (Wildman–Crippen MR) is 68.0 cm³/mol. The lowest BCUT2D eigenvalue weighted by Gasteiger charge is -2.23. The van der Waals surface area contributed by atoms with Crippen LogP contribution in [0.1, 0.15) is 13.3 Å². The molecule has 0 saturated carbocycles. The van der Waals surface area contributed by atoms with E-state index in [1.54, 1.807) is 0 Å². The molecule has 0 spiro atoms. The third-order valence-corrected chi connectivity index (χ3v) is 5.10. The molecular formula is C11H12ClF2NO4S. The number of carboxylic acids is 1. The molecule has 20 heavy (non-hydrogen) atoms. The zero-order valence-electron chi connectivity index (χ0n) is 10.6. The van der Waals surface area contributed by atoms with Gasteiger partial charge in [-0.25, -0.2) is 17.2 Å². The summed E-state index contributed by atoms with van der Waals surface area (Å²) in [5, 5.41) is 8.42. The molecule has 1 aromatic rings. The van der Waals surface area contributed by atoms with Crippen molar-refractivity contribution in [1.29, 1.82) is 0 Å². The van der Waals surface area contributed by atoms with Crippen LogP contribution in [-0.2, 0) is 14.8 Å². The lowest BCUT2D eigenvalue weighted by molar-refractivity contribution is -0.141. The number of rotatable bonds is 5. The summed E-state index contributed by atoms with van der Waals surface area (Å²) in [5.74, 6) is -4.42. The summed E-state index contributed by atoms with van der Waals surface area (Å²) in [6.07, 6.45) is -0.0420. The number of likely N-dealkylation sites (N-methyl/N-ethyl adjacent to an activating group) is 1. The maximum atomic E-state index is 13.7. The van der Waals surface area contributed by atoms with Crippen molar-refractivity contribution in [1.82, 2.24) is 4.31 Å². The first kappa shape index (κ1) is 16.8. The Morgan fingerprint density at radius 3 is 2.45 bits per heavy atom. The summed E-state index contributed by atoms with van der Waals surface area (Å²) in [4.78, 5) is 9.91. The fourth-order valence-corrected chi connectivity index (χ4v) is 3.58. The standard InChI is InChI=1S/C11H12ClF2NO4S/c1-3-8(11(16)17)15(2)20(18,19)10-6(12)4-5-7(13)9(10)14/h4-5,8H,3H2,1-2H3,(H,16,17). The molecule has 112 valence electrons. The predicted octanol–water partition coefficient (Wildman–Crippen LogP) is 2.10. The van der Waals surface area contributed by atoms with Crippen LogP contribution in [0.25, 0.3) is 0 Å². The average Bonchev–Trinajstić information content (AvgIpc) is 2.34. The van der Waals surface area contributed by atoms with Gasteiger partial charge >= 0.3 is 5.97 Å². The highest BCUT2D eigenvalue weighted by atomic mass is 35.5. The molecule has 0 amide bonds. The number of halogens is 3. The molecule has 0 aliphatic heterocycles. The first-order valence-electron chi connectivity index (χ1n) is 5.48. The molecule has 9 heteroatoms. The van der Waals surface area contributed by atoms with Crippen LogP contribution in [0.15, 0.2) is 17.0 Å². The average molecular weight is 328 g/mol. The van der Waals surface area contributed by atoms with Crippen LogP contribution in [0.3, 0.4) is 0 Å². The van der Waals surface area contributed by atoms with Crippen LogP contribution in [0.4, 0.5) is 8.78 Å². The summed E-state index contributed by atoms with van der Waals surface area (Å²) in [6, 6.07) is 0.173. The number of sulfonamides is 1. The summed E-state index contributed by atoms with van der Waals surface area (Å²) in [7, 11) is -3.60. The van der Waals surface area contributed by atoms with Crippen LogP contribution in [0, 0.1) is 11.6 Å². The highest BCUT2D eigenvalue weighted by Gasteiger charge is 2.35. The Morgan fingerprint density at radius 2 is 2.00 bits per heavy atom. The second-order valence-corrected chi connectivity index (χ2v) is 6.30. The van der Waals surface area contributed by atoms with E-state index in [0.29, 0.717) is 10.4 Å². The van der Waals surface area contributed by atoms with E-state index in [9.17, 15) is 22.0 Å². The van der Waals surface area contributed by atoms with Crippen LogP contribution < -0.4 is 0 Å². The third-order valence-electron chi connectivity index (χ3n) is 2.75. The third kappa shape index (κ3) is 2.92. The molecule has 5 nitrogen and oxygen atoms in total. The molecule has 1 rings (SSSR count). The van der Waals surface area contributed by atoms with Gasteiger partial charge in [0.2, 0.25) is 10.0 Å². The van der Waals surface area contributed by atoms with Crippen molar-refractivity contribution in [2.75, 3.05) is 7.05 Å². The Bertz CT molecular complexity index is 636. The molecule has 0 aliphatic carbocycles. The van der Waals surface area contributed by atoms with E-state index in [0.717, 1.165) is 13.1 Å². The van der Waals surface area contributed by atoms with Crippen molar-refractivity contribution in [2.45, 2.75) is 24.3 Å². The fourth-order valence-electron chi connectivity index (χ4n) is 1.64. The van der Waals surface area contributed by atoms with Gasteiger partial charge in [-0.15, -0.1) is 0 Å². The van der Waals surface area contributed by atoms with Gasteiger partial charge in [-0.05, 0) is 18.6 Å². The van der Waals surface area contributed by atoms with E-state index >= 15 is 0 Å². The molecule has 0 saturated heterocycles. The maximum Gasteiger partial charge on any atom is 0.321 e. The topological polar surface area (TPSA) is 74.7 Å². The van der Waals surface area contributed by atoms with Gasteiger partial charge in [-0.2, -0.15) is 4.31 Å². The molecule has 1 atom stereocenters. The number of nitrogens with zero attached hydrogens (tertiary/aromatic N) is 1. The van der Waals surface area contributed by atoms with Crippen LogP contribution in [0.5, 0.6) is 0 Å². The van der Waals surface area contributed by atoms with Gasteiger partial charge in [-0.3, -0.25) is 4.79 Å². The van der Waals surface area contributed by atoms with Crippen molar-refractivity contribution in [3.05, 3.63) is 28.8 Å². The van der Waals surface area contributed by atoms with Gasteiger partial charge < -0.3 is 5.11 Å². The summed E-state index contributed by atoms with van der Waals surface area (Å²) >= 11 is 5.60. The van der Waals surface area contributed by atoms with Crippen LogP contribution >= 0.6 is 11.6 Å². The highest BCUT2D eigenvalue weighted by molar-refractivity contribution is 7.89. The quantitative estimate of drug-likeness (QED) is 0.840. The van der Waals surface area contributed by atoms with E-state index in [-0.39, 0.29) is 6.42 Å². The Hall–Kier alpha value is -1.25. The van der Waals surface area contributed by atoms with Crippen molar-refractivity contribution in [2.24, 2.45) is 0 Å². The normalized spacial score (nSPS) is 13.5. The Kier molecular flexibility index (Phi) is 5.06. The van der Waals surface area contributed by atoms with E-state index in [1.165, 1.54) is 6.92 Å². The van der Waals surface area contributed by atoms with E-state index < -0.39 is 43.6 Å². The molecular weight excluding hydrogens is 316 g/mol. The Labute approximate surface area is 119 Å². The SMILES string of the molecule is CCC(C(=O)O)N(C)S(=O)(=O)c1c(Cl)ccc(F)c1F. The molecule has 1 aromatic carbocycles. The van der Waals surface area contributed by atoms with Gasteiger partial charge in [0.1, 0.15) is 10.9 Å². The molecule has 1 unspecified atom stereocenters. The summed E-state index contributed by atoms with van der Waals surface area (Å²) < 4.78 is 51.7. The number of hydrogen-bond acceptors (Lipinski definition) is 3.